The molecule has 2 atom stereocenters. The third-order valence-corrected chi connectivity index (χ3v) is 6.19. The minimum atomic E-state index is -0.942. The van der Waals surface area contributed by atoms with Crippen LogP contribution in [0.25, 0.3) is 0 Å². The Bertz CT molecular complexity index is 871. The first kappa shape index (κ1) is 23.7. The van der Waals surface area contributed by atoms with Crippen molar-refractivity contribution >= 4 is 23.7 Å². The van der Waals surface area contributed by atoms with Crippen molar-refractivity contribution in [3.63, 3.8) is 0 Å². The quantitative estimate of drug-likeness (QED) is 0.694. The molecule has 1 aliphatic carbocycles. The van der Waals surface area contributed by atoms with Crippen LogP contribution in [0.2, 0.25) is 0 Å². The van der Waals surface area contributed by atoms with E-state index in [0.717, 1.165) is 38.2 Å². The van der Waals surface area contributed by atoms with E-state index in [-0.39, 0.29) is 37.0 Å². The summed E-state index contributed by atoms with van der Waals surface area (Å²) >= 11 is 0. The zero-order valence-electron chi connectivity index (χ0n) is 18.5. The lowest BCUT2D eigenvalue weighted by Crippen LogP contribution is -2.63. The van der Waals surface area contributed by atoms with Gasteiger partial charge in [0.15, 0.2) is 0 Å². The Kier molecular flexibility index (Phi) is 7.82. The summed E-state index contributed by atoms with van der Waals surface area (Å²) in [7, 11) is 1.23. The number of esters is 1. The normalized spacial score (nSPS) is 20.4. The van der Waals surface area contributed by atoms with E-state index in [0.29, 0.717) is 0 Å². The zero-order valence-corrected chi connectivity index (χ0v) is 18.5. The molecule has 1 aliphatic heterocycles. The predicted molar refractivity (Wildman–Crippen MR) is 114 cm³/mol. The maximum Gasteiger partial charge on any atom is 0.328 e. The maximum absolute atomic E-state index is 13.6. The van der Waals surface area contributed by atoms with Gasteiger partial charge < -0.3 is 19.9 Å². The minimum Gasteiger partial charge on any atom is -0.467 e. The Morgan fingerprint density at radius 1 is 1.12 bits per heavy atom. The van der Waals surface area contributed by atoms with Gasteiger partial charge in [-0.05, 0) is 38.0 Å². The molecule has 1 heterocycles. The van der Waals surface area contributed by atoms with Crippen LogP contribution in [0.3, 0.4) is 0 Å². The Morgan fingerprint density at radius 2 is 1.84 bits per heavy atom. The molecular formula is C23H30FN3O5. The zero-order chi connectivity index (χ0) is 23.3. The van der Waals surface area contributed by atoms with Gasteiger partial charge in [-0.2, -0.15) is 0 Å². The van der Waals surface area contributed by atoms with Crippen molar-refractivity contribution in [3.05, 3.63) is 35.6 Å². The summed E-state index contributed by atoms with van der Waals surface area (Å²) in [6.45, 7) is 1.90. The van der Waals surface area contributed by atoms with Crippen LogP contribution < -0.4 is 5.32 Å². The van der Waals surface area contributed by atoms with Gasteiger partial charge >= 0.3 is 5.97 Å². The average Bonchev–Trinajstić information content (AvgIpc) is 2.82. The number of rotatable bonds is 5. The fourth-order valence-electron chi connectivity index (χ4n) is 4.39. The summed E-state index contributed by atoms with van der Waals surface area (Å²) in [5.74, 6) is -2.29. The van der Waals surface area contributed by atoms with Gasteiger partial charge in [0.25, 0.3) is 5.91 Å². The number of hydrogen-bond donors (Lipinski definition) is 1. The Hall–Kier alpha value is -2.97. The van der Waals surface area contributed by atoms with E-state index in [1.807, 2.05) is 0 Å². The minimum absolute atomic E-state index is 0.0342. The molecule has 1 N–H and O–H groups in total. The Morgan fingerprint density at radius 3 is 2.50 bits per heavy atom. The largest absolute Gasteiger partial charge is 0.467 e. The van der Waals surface area contributed by atoms with Crippen LogP contribution in [0, 0.1) is 11.7 Å². The Labute approximate surface area is 187 Å². The lowest BCUT2D eigenvalue weighted by Gasteiger charge is -2.42. The van der Waals surface area contributed by atoms with Crippen molar-refractivity contribution in [1.82, 2.24) is 15.1 Å². The number of halogens is 1. The molecule has 9 heteroatoms. The third kappa shape index (κ3) is 5.44. The van der Waals surface area contributed by atoms with Gasteiger partial charge in [0, 0.05) is 24.6 Å². The lowest BCUT2D eigenvalue weighted by molar-refractivity contribution is -0.149. The molecule has 2 unspecified atom stereocenters. The van der Waals surface area contributed by atoms with Crippen molar-refractivity contribution in [2.75, 3.05) is 26.7 Å². The second kappa shape index (κ2) is 10.6. The number of carbonyl (C=O) groups is 4. The molecular weight excluding hydrogens is 417 g/mol. The molecule has 0 bridgehead atoms. The lowest BCUT2D eigenvalue weighted by atomic mass is 9.87. The number of nitrogens with zero attached hydrogens (tertiary/aromatic N) is 2. The summed E-state index contributed by atoms with van der Waals surface area (Å²) < 4.78 is 18.3. The summed E-state index contributed by atoms with van der Waals surface area (Å²) in [6, 6.07) is 3.53. The van der Waals surface area contributed by atoms with Crippen LogP contribution in [0.5, 0.6) is 0 Å². The molecule has 1 aromatic rings. The highest BCUT2D eigenvalue weighted by atomic mass is 19.1. The van der Waals surface area contributed by atoms with E-state index in [2.05, 4.69) is 10.1 Å². The molecule has 1 saturated carbocycles. The van der Waals surface area contributed by atoms with E-state index in [1.165, 1.54) is 42.0 Å². The summed E-state index contributed by atoms with van der Waals surface area (Å²) in [5, 5.41) is 2.59. The summed E-state index contributed by atoms with van der Waals surface area (Å²) in [5.41, 5.74) is 0.180. The van der Waals surface area contributed by atoms with Crippen LogP contribution in [0.4, 0.5) is 4.39 Å². The number of methoxy groups -OCH3 is 1. The molecule has 0 radical (unpaired) electrons. The van der Waals surface area contributed by atoms with Crippen molar-refractivity contribution in [3.8, 4) is 0 Å². The molecule has 174 valence electrons. The Balaban J connectivity index is 1.79. The maximum atomic E-state index is 13.6. The van der Waals surface area contributed by atoms with Gasteiger partial charge in [-0.15, -0.1) is 0 Å². The second-order valence-electron chi connectivity index (χ2n) is 8.40. The number of amides is 3. The number of benzene rings is 1. The van der Waals surface area contributed by atoms with E-state index in [4.69, 9.17) is 0 Å². The molecule has 3 rings (SSSR count). The highest BCUT2D eigenvalue weighted by Crippen LogP contribution is 2.27. The molecule has 8 nitrogen and oxygen atoms in total. The number of nitrogens with one attached hydrogen (secondary N) is 1. The van der Waals surface area contributed by atoms with Crippen LogP contribution >= 0.6 is 0 Å². The molecule has 2 fully saturated rings. The summed E-state index contributed by atoms with van der Waals surface area (Å²) in [6.07, 6.45) is 4.62. The van der Waals surface area contributed by atoms with Gasteiger partial charge in [0.2, 0.25) is 11.8 Å². The highest BCUT2D eigenvalue weighted by molar-refractivity contribution is 5.96. The third-order valence-electron chi connectivity index (χ3n) is 6.19. The molecule has 0 aromatic heterocycles. The molecule has 2 aliphatic rings. The number of carbonyl (C=O) groups excluding carboxylic acids is 4. The fourth-order valence-corrected chi connectivity index (χ4v) is 4.39. The average molecular weight is 448 g/mol. The van der Waals surface area contributed by atoms with Gasteiger partial charge in [-0.3, -0.25) is 14.4 Å². The van der Waals surface area contributed by atoms with E-state index < -0.39 is 35.7 Å². The summed E-state index contributed by atoms with van der Waals surface area (Å²) in [4.78, 5) is 54.0. The van der Waals surface area contributed by atoms with Crippen molar-refractivity contribution in [1.29, 1.82) is 0 Å². The van der Waals surface area contributed by atoms with Gasteiger partial charge in [0.05, 0.1) is 13.7 Å². The van der Waals surface area contributed by atoms with Crippen LogP contribution in [-0.4, -0.2) is 72.3 Å². The van der Waals surface area contributed by atoms with Crippen molar-refractivity contribution in [2.24, 2.45) is 5.92 Å². The molecule has 3 amide bonds. The van der Waals surface area contributed by atoms with E-state index in [9.17, 15) is 23.6 Å². The van der Waals surface area contributed by atoms with Gasteiger partial charge in [0.1, 0.15) is 17.9 Å². The van der Waals surface area contributed by atoms with Gasteiger partial charge in [-0.25, -0.2) is 9.18 Å². The number of ether oxygens (including phenoxy) is 1. The van der Waals surface area contributed by atoms with Crippen molar-refractivity contribution < 1.29 is 28.3 Å². The van der Waals surface area contributed by atoms with E-state index >= 15 is 0 Å². The van der Waals surface area contributed by atoms with Crippen LogP contribution in [0.1, 0.15) is 49.4 Å². The fraction of sp³-hybridized carbons (Fsp3) is 0.565. The van der Waals surface area contributed by atoms with Gasteiger partial charge in [-0.1, -0.05) is 25.3 Å². The second-order valence-corrected chi connectivity index (χ2v) is 8.40. The van der Waals surface area contributed by atoms with Crippen LogP contribution in [0.15, 0.2) is 24.3 Å². The van der Waals surface area contributed by atoms with Crippen molar-refractivity contribution in [2.45, 2.75) is 51.1 Å². The highest BCUT2D eigenvalue weighted by Gasteiger charge is 2.40. The molecule has 0 spiro atoms. The monoisotopic (exact) mass is 447 g/mol. The van der Waals surface area contributed by atoms with E-state index in [1.54, 1.807) is 0 Å². The smallest absolute Gasteiger partial charge is 0.328 e. The SMILES string of the molecule is COC(=O)C(C)NC(=O)C1CN(C(=O)c2cccc(F)c2)CCN1C(=O)C1CCCCC1. The first-order valence-electron chi connectivity index (χ1n) is 11.1. The number of piperazine rings is 1. The first-order chi connectivity index (χ1) is 15.3. The first-order valence-corrected chi connectivity index (χ1v) is 11.1. The molecule has 32 heavy (non-hydrogen) atoms. The van der Waals surface area contributed by atoms with Crippen LogP contribution in [-0.2, 0) is 19.1 Å². The predicted octanol–water partition coefficient (Wildman–Crippen LogP) is 1.74. The molecule has 1 saturated heterocycles. The molecule has 1 aromatic carbocycles. The number of hydrogen-bond acceptors (Lipinski definition) is 5. The standard InChI is InChI=1S/C23H30FN3O5/c1-15(23(31)32-2)25-20(28)19-14-26(21(29)17-9-6-10-18(24)13-17)11-12-27(19)22(30)16-7-4-3-5-8-16/h6,9-10,13,15-16,19H,3-5,7-8,11-12,14H2,1-2H3,(H,25,28). The topological polar surface area (TPSA) is 96.0 Å².